The normalized spacial score (nSPS) is 12.3. The van der Waals surface area contributed by atoms with Gasteiger partial charge in [0, 0.05) is 40.4 Å². The summed E-state index contributed by atoms with van der Waals surface area (Å²) in [5.41, 5.74) is 2.25. The largest absolute Gasteiger partial charge is 0.454 e. The lowest BCUT2D eigenvalue weighted by atomic mass is 10.2. The number of aromatic nitrogens is 1. The molecule has 0 fully saturated rings. The van der Waals surface area contributed by atoms with Gasteiger partial charge in [-0.1, -0.05) is 6.07 Å². The van der Waals surface area contributed by atoms with Gasteiger partial charge in [0.15, 0.2) is 17.5 Å². The van der Waals surface area contributed by atoms with E-state index in [1.807, 2.05) is 49.5 Å². The van der Waals surface area contributed by atoms with E-state index in [9.17, 15) is 0 Å². The number of ether oxygens (including phenoxy) is 2. The van der Waals surface area contributed by atoms with Gasteiger partial charge in [0.05, 0.1) is 0 Å². The Hall–Kier alpha value is -2.23. The predicted molar refractivity (Wildman–Crippen MR) is 114 cm³/mol. The van der Waals surface area contributed by atoms with Crippen LogP contribution in [-0.2, 0) is 13.1 Å². The quantitative estimate of drug-likeness (QED) is 0.398. The van der Waals surface area contributed by atoms with Crippen LogP contribution in [0.15, 0.2) is 41.5 Å². The van der Waals surface area contributed by atoms with Crippen LogP contribution in [0.25, 0.3) is 0 Å². The maximum atomic E-state index is 5.40. The molecular formula is C18H24IN5O2. The van der Waals surface area contributed by atoms with Gasteiger partial charge in [-0.3, -0.25) is 4.99 Å². The van der Waals surface area contributed by atoms with E-state index >= 15 is 0 Å². The minimum absolute atomic E-state index is 0. The monoisotopic (exact) mass is 469 g/mol. The minimum Gasteiger partial charge on any atom is -0.454 e. The van der Waals surface area contributed by atoms with Crippen molar-refractivity contribution in [3.63, 3.8) is 0 Å². The fraction of sp³-hybridized carbons (Fsp3) is 0.333. The Morgan fingerprint density at radius 3 is 2.46 bits per heavy atom. The second-order valence-corrected chi connectivity index (χ2v) is 5.88. The molecule has 26 heavy (non-hydrogen) atoms. The Balaban J connectivity index is 0.00000243. The molecule has 8 heteroatoms. The summed E-state index contributed by atoms with van der Waals surface area (Å²) in [6.45, 7) is 1.61. The average Bonchev–Trinajstić information content (AvgIpc) is 3.10. The first-order valence-electron chi connectivity index (χ1n) is 8.11. The summed E-state index contributed by atoms with van der Waals surface area (Å²) in [6, 6.07) is 9.97. The number of nitrogens with zero attached hydrogens (tertiary/aromatic N) is 3. The molecule has 7 nitrogen and oxygen atoms in total. The second kappa shape index (κ2) is 9.46. The minimum atomic E-state index is 0. The first kappa shape index (κ1) is 20.1. The van der Waals surface area contributed by atoms with Crippen LogP contribution in [0.2, 0.25) is 0 Å². The third-order valence-electron chi connectivity index (χ3n) is 3.85. The van der Waals surface area contributed by atoms with Crippen molar-refractivity contribution in [1.82, 2.24) is 15.6 Å². The Labute approximate surface area is 170 Å². The molecule has 2 heterocycles. The van der Waals surface area contributed by atoms with E-state index in [2.05, 4.69) is 26.7 Å². The van der Waals surface area contributed by atoms with Crippen LogP contribution in [0, 0.1) is 0 Å². The fourth-order valence-electron chi connectivity index (χ4n) is 2.46. The van der Waals surface area contributed by atoms with Crippen molar-refractivity contribution in [3.8, 4) is 11.5 Å². The van der Waals surface area contributed by atoms with Gasteiger partial charge in [0.2, 0.25) is 6.79 Å². The van der Waals surface area contributed by atoms with Crippen LogP contribution in [0.1, 0.15) is 11.1 Å². The topological polar surface area (TPSA) is 71.0 Å². The highest BCUT2D eigenvalue weighted by atomic mass is 127. The number of halogens is 1. The summed E-state index contributed by atoms with van der Waals surface area (Å²) in [7, 11) is 5.71. The number of nitrogens with one attached hydrogen (secondary N) is 2. The number of pyridine rings is 1. The number of aliphatic imine (C=N–C) groups is 1. The lowest BCUT2D eigenvalue weighted by Crippen LogP contribution is -2.36. The number of guanidine groups is 1. The van der Waals surface area contributed by atoms with Crippen molar-refractivity contribution in [2.75, 3.05) is 32.8 Å². The van der Waals surface area contributed by atoms with E-state index in [0.29, 0.717) is 13.1 Å². The van der Waals surface area contributed by atoms with E-state index in [4.69, 9.17) is 9.47 Å². The molecule has 0 radical (unpaired) electrons. The zero-order valence-electron chi connectivity index (χ0n) is 15.2. The van der Waals surface area contributed by atoms with E-state index in [0.717, 1.165) is 34.4 Å². The van der Waals surface area contributed by atoms with E-state index in [1.165, 1.54) is 0 Å². The maximum Gasteiger partial charge on any atom is 0.231 e. The van der Waals surface area contributed by atoms with Crippen LogP contribution < -0.4 is 25.0 Å². The Kier molecular flexibility index (Phi) is 7.31. The lowest BCUT2D eigenvalue weighted by molar-refractivity contribution is 0.174. The summed E-state index contributed by atoms with van der Waals surface area (Å²) in [5.74, 6) is 3.25. The zero-order chi connectivity index (χ0) is 17.6. The molecular weight excluding hydrogens is 445 g/mol. The number of hydrogen-bond donors (Lipinski definition) is 2. The average molecular weight is 469 g/mol. The molecule has 2 N–H and O–H groups in total. The molecule has 0 bridgehead atoms. The number of rotatable bonds is 5. The Bertz CT molecular complexity index is 767. The van der Waals surface area contributed by atoms with Gasteiger partial charge in [-0.15, -0.1) is 24.0 Å². The van der Waals surface area contributed by atoms with Crippen molar-refractivity contribution in [2.45, 2.75) is 13.1 Å². The van der Waals surface area contributed by atoms with Gasteiger partial charge in [0.25, 0.3) is 0 Å². The molecule has 0 aliphatic carbocycles. The summed E-state index contributed by atoms with van der Waals surface area (Å²) < 4.78 is 10.7. The molecule has 0 saturated carbocycles. The van der Waals surface area contributed by atoms with Gasteiger partial charge in [0.1, 0.15) is 5.82 Å². The van der Waals surface area contributed by atoms with Crippen molar-refractivity contribution >= 4 is 35.8 Å². The van der Waals surface area contributed by atoms with Crippen molar-refractivity contribution < 1.29 is 9.47 Å². The first-order valence-corrected chi connectivity index (χ1v) is 8.11. The molecule has 0 unspecified atom stereocenters. The van der Waals surface area contributed by atoms with Crippen molar-refractivity contribution in [3.05, 3.63) is 47.7 Å². The Morgan fingerprint density at radius 1 is 1.08 bits per heavy atom. The standard InChI is InChI=1S/C18H23N5O2.HI/c1-19-18(22-11-14-6-7-20-17(9-14)23(2)3)21-10-13-4-5-15-16(8-13)25-12-24-15;/h4-9H,10-12H2,1-3H3,(H2,19,21,22);1H. The highest BCUT2D eigenvalue weighted by molar-refractivity contribution is 14.0. The summed E-state index contributed by atoms with van der Waals surface area (Å²) in [5, 5.41) is 6.61. The highest BCUT2D eigenvalue weighted by Crippen LogP contribution is 2.32. The maximum absolute atomic E-state index is 5.40. The van der Waals surface area contributed by atoms with Crippen molar-refractivity contribution in [2.24, 2.45) is 4.99 Å². The van der Waals surface area contributed by atoms with Crippen LogP contribution in [0.3, 0.4) is 0 Å². The highest BCUT2D eigenvalue weighted by Gasteiger charge is 2.13. The smallest absolute Gasteiger partial charge is 0.231 e. The SMILES string of the molecule is CN=C(NCc1ccnc(N(C)C)c1)NCc1ccc2c(c1)OCO2.I. The molecule has 1 aliphatic heterocycles. The number of anilines is 1. The summed E-state index contributed by atoms with van der Waals surface area (Å²) >= 11 is 0. The van der Waals surface area contributed by atoms with Crippen LogP contribution in [-0.4, -0.2) is 38.9 Å². The number of hydrogen-bond acceptors (Lipinski definition) is 5. The van der Waals surface area contributed by atoms with Gasteiger partial charge in [-0.05, 0) is 35.4 Å². The van der Waals surface area contributed by atoms with Crippen LogP contribution >= 0.6 is 24.0 Å². The zero-order valence-corrected chi connectivity index (χ0v) is 17.5. The van der Waals surface area contributed by atoms with E-state index in [-0.39, 0.29) is 30.8 Å². The van der Waals surface area contributed by atoms with E-state index in [1.54, 1.807) is 7.05 Å². The first-order chi connectivity index (χ1) is 12.2. The number of benzene rings is 1. The molecule has 0 saturated heterocycles. The molecule has 0 atom stereocenters. The van der Waals surface area contributed by atoms with Gasteiger partial charge >= 0.3 is 0 Å². The van der Waals surface area contributed by atoms with Crippen molar-refractivity contribution in [1.29, 1.82) is 0 Å². The van der Waals surface area contributed by atoms with Gasteiger partial charge in [-0.25, -0.2) is 4.98 Å². The molecule has 0 amide bonds. The molecule has 1 aliphatic rings. The molecule has 2 aromatic rings. The van der Waals surface area contributed by atoms with Crippen LogP contribution in [0.4, 0.5) is 5.82 Å². The summed E-state index contributed by atoms with van der Waals surface area (Å²) in [4.78, 5) is 10.6. The third-order valence-corrected chi connectivity index (χ3v) is 3.85. The fourth-order valence-corrected chi connectivity index (χ4v) is 2.46. The molecule has 3 rings (SSSR count). The Morgan fingerprint density at radius 2 is 1.77 bits per heavy atom. The predicted octanol–water partition coefficient (Wildman–Crippen LogP) is 2.36. The van der Waals surface area contributed by atoms with Gasteiger partial charge < -0.3 is 25.0 Å². The number of fused-ring (bicyclic) bond motifs is 1. The molecule has 0 spiro atoms. The van der Waals surface area contributed by atoms with Crippen LogP contribution in [0.5, 0.6) is 11.5 Å². The molecule has 1 aromatic carbocycles. The molecule has 1 aromatic heterocycles. The second-order valence-electron chi connectivity index (χ2n) is 5.88. The summed E-state index contributed by atoms with van der Waals surface area (Å²) in [6.07, 6.45) is 1.81. The lowest BCUT2D eigenvalue weighted by Gasteiger charge is -2.14. The third kappa shape index (κ3) is 5.13. The molecule has 140 valence electrons. The van der Waals surface area contributed by atoms with Gasteiger partial charge in [-0.2, -0.15) is 0 Å². The van der Waals surface area contributed by atoms with E-state index < -0.39 is 0 Å².